The summed E-state index contributed by atoms with van der Waals surface area (Å²) < 4.78 is 5.64. The molecule has 1 N–H and O–H groups in total. The van der Waals surface area contributed by atoms with E-state index in [4.69, 9.17) is 4.74 Å². The van der Waals surface area contributed by atoms with E-state index >= 15 is 0 Å². The molecule has 0 unspecified atom stereocenters. The number of nitrogens with zero attached hydrogens (tertiary/aromatic N) is 1. The lowest BCUT2D eigenvalue weighted by Gasteiger charge is -2.33. The highest BCUT2D eigenvalue weighted by atomic mass is 16.5. The molecule has 11 heavy (non-hydrogen) atoms. The number of aliphatic hydroxyl groups excluding tert-OH is 1. The van der Waals surface area contributed by atoms with Crippen molar-refractivity contribution in [3.05, 3.63) is 0 Å². The van der Waals surface area contributed by atoms with Gasteiger partial charge in [0.1, 0.15) is 6.10 Å². The van der Waals surface area contributed by atoms with E-state index in [0.29, 0.717) is 18.2 Å². The molecule has 4 bridgehead atoms. The Morgan fingerprint density at radius 3 is 2.73 bits per heavy atom. The quantitative estimate of drug-likeness (QED) is 0.516. The lowest BCUT2D eigenvalue weighted by molar-refractivity contribution is -0.0758. The zero-order valence-electron chi connectivity index (χ0n) is 6.60. The normalized spacial score (nSPS) is 61.1. The van der Waals surface area contributed by atoms with Gasteiger partial charge in [0, 0.05) is 12.1 Å². The van der Waals surface area contributed by atoms with E-state index in [1.54, 1.807) is 0 Å². The molecule has 4 aliphatic rings. The van der Waals surface area contributed by atoms with Gasteiger partial charge in [-0.15, -0.1) is 0 Å². The molecule has 5 atom stereocenters. The Kier molecular flexibility index (Phi) is 1.04. The van der Waals surface area contributed by atoms with Gasteiger partial charge >= 0.3 is 0 Å². The first-order valence-electron chi connectivity index (χ1n) is 4.33. The highest BCUT2D eigenvalue weighted by molar-refractivity contribution is 5.10. The van der Waals surface area contributed by atoms with Crippen LogP contribution in [-0.4, -0.2) is 47.4 Å². The SMILES string of the molecule is CN1[C@@H]2C[C@H]3C[C@H]1[C@H](O3)[C@H]2O. The van der Waals surface area contributed by atoms with Gasteiger partial charge in [-0.1, -0.05) is 0 Å². The van der Waals surface area contributed by atoms with Gasteiger partial charge in [0.05, 0.1) is 12.2 Å². The van der Waals surface area contributed by atoms with Crippen LogP contribution in [0.25, 0.3) is 0 Å². The van der Waals surface area contributed by atoms with Crippen LogP contribution in [0.3, 0.4) is 0 Å². The molecule has 0 aromatic rings. The van der Waals surface area contributed by atoms with Gasteiger partial charge in [-0.25, -0.2) is 0 Å². The largest absolute Gasteiger partial charge is 0.389 e. The average Bonchev–Trinajstić information content (AvgIpc) is 2.39. The minimum absolute atomic E-state index is 0.128. The van der Waals surface area contributed by atoms with E-state index in [1.807, 2.05) is 0 Å². The van der Waals surface area contributed by atoms with Crippen LogP contribution in [0.4, 0.5) is 0 Å². The van der Waals surface area contributed by atoms with Crippen molar-refractivity contribution in [3.63, 3.8) is 0 Å². The van der Waals surface area contributed by atoms with Crippen LogP contribution in [0.5, 0.6) is 0 Å². The summed E-state index contributed by atoms with van der Waals surface area (Å²) in [5.74, 6) is 0. The molecular weight excluding hydrogens is 142 g/mol. The fourth-order valence-electron chi connectivity index (χ4n) is 2.91. The summed E-state index contributed by atoms with van der Waals surface area (Å²) in [5.41, 5.74) is 0. The molecule has 4 heterocycles. The monoisotopic (exact) mass is 155 g/mol. The van der Waals surface area contributed by atoms with Crippen molar-refractivity contribution < 1.29 is 9.84 Å². The lowest BCUT2D eigenvalue weighted by Crippen LogP contribution is -2.44. The van der Waals surface area contributed by atoms with Crippen molar-refractivity contribution in [2.75, 3.05) is 7.05 Å². The third-order valence-electron chi connectivity index (χ3n) is 3.51. The zero-order chi connectivity index (χ0) is 7.59. The van der Waals surface area contributed by atoms with Gasteiger partial charge in [-0.05, 0) is 19.9 Å². The maximum atomic E-state index is 9.71. The molecule has 0 aromatic carbocycles. The predicted molar refractivity (Wildman–Crippen MR) is 39.2 cm³/mol. The van der Waals surface area contributed by atoms with E-state index in [2.05, 4.69) is 11.9 Å². The average molecular weight is 155 g/mol. The van der Waals surface area contributed by atoms with E-state index in [0.717, 1.165) is 12.8 Å². The number of likely N-dealkylation sites (N-methyl/N-ethyl adjacent to an activating group) is 1. The highest BCUT2D eigenvalue weighted by Crippen LogP contribution is 2.44. The van der Waals surface area contributed by atoms with Crippen molar-refractivity contribution in [3.8, 4) is 0 Å². The first-order chi connectivity index (χ1) is 5.27. The fraction of sp³-hybridized carbons (Fsp3) is 1.00. The topological polar surface area (TPSA) is 32.7 Å². The minimum Gasteiger partial charge on any atom is -0.389 e. The second-order valence-corrected chi connectivity index (χ2v) is 3.98. The van der Waals surface area contributed by atoms with Crippen LogP contribution in [0.2, 0.25) is 0 Å². The van der Waals surface area contributed by atoms with Crippen LogP contribution in [0, 0.1) is 0 Å². The van der Waals surface area contributed by atoms with Crippen LogP contribution in [0.1, 0.15) is 12.8 Å². The van der Waals surface area contributed by atoms with Gasteiger partial charge in [0.25, 0.3) is 0 Å². The van der Waals surface area contributed by atoms with Gasteiger partial charge in [-0.2, -0.15) is 0 Å². The molecule has 4 fully saturated rings. The number of hydrogen-bond donors (Lipinski definition) is 1. The van der Waals surface area contributed by atoms with Crippen LogP contribution < -0.4 is 0 Å². The van der Waals surface area contributed by atoms with E-state index in [9.17, 15) is 5.11 Å². The minimum atomic E-state index is -0.219. The fourth-order valence-corrected chi connectivity index (χ4v) is 2.91. The Bertz CT molecular complexity index is 175. The van der Waals surface area contributed by atoms with Crippen molar-refractivity contribution >= 4 is 0 Å². The molecule has 62 valence electrons. The second kappa shape index (κ2) is 1.79. The van der Waals surface area contributed by atoms with Crippen molar-refractivity contribution in [2.45, 2.75) is 43.2 Å². The van der Waals surface area contributed by atoms with E-state index in [-0.39, 0.29) is 12.2 Å². The first kappa shape index (κ1) is 6.40. The molecule has 0 amide bonds. The summed E-state index contributed by atoms with van der Waals surface area (Å²) in [6, 6.07) is 0.895. The summed E-state index contributed by atoms with van der Waals surface area (Å²) >= 11 is 0. The lowest BCUT2D eigenvalue weighted by atomic mass is 10.0. The Hall–Kier alpha value is -0.120. The first-order valence-corrected chi connectivity index (χ1v) is 4.33. The molecular formula is C8H13NO2. The van der Waals surface area contributed by atoms with Crippen LogP contribution in [-0.2, 0) is 4.74 Å². The molecule has 0 radical (unpaired) electrons. The molecule has 0 aliphatic carbocycles. The number of rotatable bonds is 0. The maximum absolute atomic E-state index is 9.71. The van der Waals surface area contributed by atoms with Crippen LogP contribution >= 0.6 is 0 Å². The molecule has 0 aromatic heterocycles. The predicted octanol–water partition coefficient (Wildman–Crippen LogP) is -0.409. The summed E-state index contributed by atoms with van der Waals surface area (Å²) in [7, 11) is 2.10. The number of piperidine rings is 1. The summed E-state index contributed by atoms with van der Waals surface area (Å²) in [5, 5.41) is 9.71. The van der Waals surface area contributed by atoms with Crippen molar-refractivity contribution in [1.29, 1.82) is 0 Å². The maximum Gasteiger partial charge on any atom is 0.101 e. The Labute approximate surface area is 65.9 Å². The summed E-state index contributed by atoms with van der Waals surface area (Å²) in [4.78, 5) is 2.29. The third kappa shape index (κ3) is 0.604. The molecule has 4 saturated heterocycles. The highest BCUT2D eigenvalue weighted by Gasteiger charge is 2.57. The second-order valence-electron chi connectivity index (χ2n) is 3.98. The van der Waals surface area contributed by atoms with Gasteiger partial charge in [-0.3, -0.25) is 4.90 Å². The van der Waals surface area contributed by atoms with E-state index in [1.165, 1.54) is 0 Å². The molecule has 3 heteroatoms. The van der Waals surface area contributed by atoms with Crippen molar-refractivity contribution in [2.24, 2.45) is 0 Å². The van der Waals surface area contributed by atoms with E-state index < -0.39 is 0 Å². The number of aliphatic hydroxyl groups is 1. The van der Waals surface area contributed by atoms with Crippen LogP contribution in [0.15, 0.2) is 0 Å². The Balaban J connectivity index is 2.00. The van der Waals surface area contributed by atoms with Gasteiger partial charge in [0.2, 0.25) is 0 Å². The molecule has 0 saturated carbocycles. The Morgan fingerprint density at radius 2 is 2.09 bits per heavy atom. The summed E-state index contributed by atoms with van der Waals surface area (Å²) in [6.07, 6.45) is 2.53. The molecule has 4 aliphatic heterocycles. The van der Waals surface area contributed by atoms with Gasteiger partial charge < -0.3 is 9.84 Å². The smallest absolute Gasteiger partial charge is 0.101 e. The molecule has 4 rings (SSSR count). The zero-order valence-corrected chi connectivity index (χ0v) is 6.60. The standard InChI is InChI=1S/C8H13NO2/c1-9-5-2-4-3-6(9)8(11-4)7(5)10/h4-8,10H,2-3H2,1H3/t4-,5+,6-,7-,8-/m0/s1. The summed E-state index contributed by atoms with van der Waals surface area (Å²) in [6.45, 7) is 0. The van der Waals surface area contributed by atoms with Gasteiger partial charge in [0.15, 0.2) is 0 Å². The number of hydrogen-bond acceptors (Lipinski definition) is 3. The number of ether oxygens (including phenoxy) is 1. The Morgan fingerprint density at radius 1 is 1.36 bits per heavy atom. The molecule has 0 spiro atoms. The van der Waals surface area contributed by atoms with Crippen molar-refractivity contribution in [1.82, 2.24) is 4.90 Å². The third-order valence-corrected chi connectivity index (χ3v) is 3.51. The molecule has 3 nitrogen and oxygen atoms in total.